The first-order valence-corrected chi connectivity index (χ1v) is 32.1. The Morgan fingerprint density at radius 1 is 0.557 bits per heavy atom. The molecule has 15 rings (SSSR count). The maximum atomic E-state index is 14.7. The Kier molecular flexibility index (Phi) is 14.6. The number of carbonyl (C=O) groups is 1. The lowest BCUT2D eigenvalue weighted by molar-refractivity contribution is -0.363. The summed E-state index contributed by atoms with van der Waals surface area (Å²) in [5.74, 6) is -2.43. The van der Waals surface area contributed by atoms with Gasteiger partial charge in [-0.2, -0.15) is 0 Å². The van der Waals surface area contributed by atoms with E-state index in [0.29, 0.717) is 90.1 Å². The minimum atomic E-state index is -0.988. The van der Waals surface area contributed by atoms with E-state index in [1.807, 2.05) is 0 Å². The molecule has 3 N–H and O–H groups in total. The summed E-state index contributed by atoms with van der Waals surface area (Å²) in [7, 11) is 0. The average molecular weight is 1220 g/mol. The molecule has 31 atom stereocenters. The number of aliphatic hydroxyl groups is 3. The first kappa shape index (κ1) is 54.8. The second-order valence-corrected chi connectivity index (χ2v) is 28.9. The van der Waals surface area contributed by atoms with Crippen LogP contribution in [0.25, 0.3) is 0 Å². The van der Waals surface area contributed by atoms with Crippen molar-refractivity contribution in [3.05, 3.63) is 24.3 Å². The lowest BCUT2D eigenvalue weighted by Crippen LogP contribution is -2.63. The topological polar surface area (TPSA) is 207 Å². The molecule has 3 spiro atoms. The van der Waals surface area contributed by atoms with E-state index in [-0.39, 0.29) is 168 Å². The van der Waals surface area contributed by atoms with E-state index < -0.39 is 35.7 Å². The van der Waals surface area contributed by atoms with Gasteiger partial charge in [-0.05, 0) is 86.7 Å². The van der Waals surface area contributed by atoms with Crippen LogP contribution in [0.1, 0.15) is 142 Å². The lowest BCUT2D eigenvalue weighted by atomic mass is 9.78. The summed E-state index contributed by atoms with van der Waals surface area (Å²) >= 11 is 2.42. The summed E-state index contributed by atoms with van der Waals surface area (Å²) in [5.41, 5.74) is 2.19. The second-order valence-electron chi connectivity index (χ2n) is 27.4. The van der Waals surface area contributed by atoms with Crippen LogP contribution in [0.15, 0.2) is 24.3 Å². The summed E-state index contributed by atoms with van der Waals surface area (Å²) < 4.78 is 96.4. The van der Waals surface area contributed by atoms with Gasteiger partial charge in [-0.1, -0.05) is 49.6 Å². The lowest BCUT2D eigenvalue weighted by Gasteiger charge is -2.53. The molecule has 3 unspecified atom stereocenters. The van der Waals surface area contributed by atoms with Crippen LogP contribution in [-0.2, 0) is 71.1 Å². The van der Waals surface area contributed by atoms with Gasteiger partial charge in [-0.25, -0.2) is 0 Å². The highest BCUT2D eigenvalue weighted by molar-refractivity contribution is 14.1. The molecule has 0 amide bonds. The summed E-state index contributed by atoms with van der Waals surface area (Å²) in [5, 5.41) is 31.7. The van der Waals surface area contributed by atoms with Gasteiger partial charge in [0.25, 0.3) is 0 Å². The largest absolute Gasteiger partial charge is 0.394 e. The molecule has 15 fully saturated rings. The van der Waals surface area contributed by atoms with Gasteiger partial charge in [0.1, 0.15) is 30.2 Å². The molecular formula is C60H85IO18. The van der Waals surface area contributed by atoms with Crippen LogP contribution < -0.4 is 0 Å². The van der Waals surface area contributed by atoms with Crippen molar-refractivity contribution in [3.63, 3.8) is 0 Å². The van der Waals surface area contributed by atoms with Crippen LogP contribution >= 0.6 is 22.6 Å². The number of hydrogen-bond donors (Lipinski definition) is 3. The molecular weight excluding hydrogens is 1140 g/mol. The first-order chi connectivity index (χ1) is 38.1. The first-order valence-electron chi connectivity index (χ1n) is 30.8. The number of ether oxygens (including phenoxy) is 14. The quantitative estimate of drug-likeness (QED) is 0.171. The molecule has 79 heavy (non-hydrogen) atoms. The maximum absolute atomic E-state index is 14.7. The van der Waals surface area contributed by atoms with Crippen molar-refractivity contribution in [1.29, 1.82) is 0 Å². The van der Waals surface area contributed by atoms with E-state index in [2.05, 4.69) is 49.6 Å². The normalized spacial score (nSPS) is 57.3. The highest BCUT2D eigenvalue weighted by Crippen LogP contribution is 2.56. The van der Waals surface area contributed by atoms with Crippen molar-refractivity contribution >= 4 is 28.4 Å². The van der Waals surface area contributed by atoms with Crippen LogP contribution in [0.4, 0.5) is 0 Å². The van der Waals surface area contributed by atoms with Crippen molar-refractivity contribution in [3.8, 4) is 0 Å². The Morgan fingerprint density at radius 2 is 1.28 bits per heavy atom. The molecule has 18 nitrogen and oxygen atoms in total. The molecule has 15 aliphatic rings. The van der Waals surface area contributed by atoms with E-state index in [1.54, 1.807) is 0 Å². The molecule has 0 aromatic heterocycles. The molecule has 0 saturated carbocycles. The highest BCUT2D eigenvalue weighted by atomic mass is 127. The molecule has 10 bridgehead atoms. The Balaban J connectivity index is 0.640. The minimum Gasteiger partial charge on any atom is -0.394 e. The molecule has 440 valence electrons. The smallest absolute Gasteiger partial charge is 0.174 e. The summed E-state index contributed by atoms with van der Waals surface area (Å²) in [6.07, 6.45) is 6.69. The van der Waals surface area contributed by atoms with Gasteiger partial charge in [0.2, 0.25) is 0 Å². The van der Waals surface area contributed by atoms with Gasteiger partial charge in [-0.3, -0.25) is 4.79 Å². The third-order valence-corrected chi connectivity index (χ3v) is 23.5. The zero-order valence-corrected chi connectivity index (χ0v) is 48.1. The Morgan fingerprint density at radius 3 is 2.15 bits per heavy atom. The fourth-order valence-electron chi connectivity index (χ4n) is 18.1. The molecule has 15 saturated heterocycles. The van der Waals surface area contributed by atoms with Gasteiger partial charge in [0, 0.05) is 76.5 Å². The Hall–Kier alpha value is -0.800. The number of aliphatic hydroxyl groups excluding tert-OH is 3. The molecule has 15 aliphatic heterocycles. The van der Waals surface area contributed by atoms with Crippen LogP contribution in [0.5, 0.6) is 0 Å². The Bertz CT molecular complexity index is 2330. The molecule has 0 aromatic rings. The number of hydrogen-bond acceptors (Lipinski definition) is 18. The van der Waals surface area contributed by atoms with Gasteiger partial charge >= 0.3 is 0 Å². The SMILES string of the molecule is C=C1C[C@@H]2CC[C@]34CC(O)C(O3)[C@@H]3O[C@H]5CC[C@H](CC(=O)C[C@@H]6C[C@@H]7OC8C[C@]9(C[C@@H]%10O[C@@]%11(CC[C@@H]%10O9)C[C@H](C)[C@@H]9O[C@@H]%10[C@@H]([C@@H](O)CO)CO[C@@H]%10C[C@@H]9O%11)O[C@@H]8C[C@@H]7O[C@H]6C[C@H]6O[C@@H](CC[C@@H]1O2)C[C@@H](C)C6=C)O[C@@H]5[C@H](O4)[C@@H]3I. The number of halogens is 1. The van der Waals surface area contributed by atoms with Crippen molar-refractivity contribution in [2.45, 2.75) is 304 Å². The van der Waals surface area contributed by atoms with Crippen molar-refractivity contribution < 1.29 is 86.4 Å². The Labute approximate surface area is 477 Å². The third kappa shape index (κ3) is 9.88. The van der Waals surface area contributed by atoms with Crippen LogP contribution in [-0.4, -0.2) is 196 Å². The fraction of sp³-hybridized carbons (Fsp3) is 0.917. The summed E-state index contributed by atoms with van der Waals surface area (Å²) in [6, 6.07) is 0. The van der Waals surface area contributed by atoms with Gasteiger partial charge in [0.05, 0.1) is 133 Å². The van der Waals surface area contributed by atoms with E-state index >= 15 is 0 Å². The monoisotopic (exact) mass is 1220 g/mol. The standard InChI is InChI=1S/C60H85IO18/c1-27-13-33-5-7-39-28(2)14-35(67-39)9-11-59-22-37(64)54(78-59)56-51(61)57(79-59)55-41(72-56)8-6-34(69-55)17-32(63)15-31-16-44-45(70-43(31)18-42(68-33)30(27)4)19-46-49(71-44)23-60(75-46)24-50-40(74-60)10-12-58(77-50)21-29(3)52-48(76-58)20-47-53(73-52)36(26-66-47)38(65)25-62/h27,29,31,33-57,62,64-65H,2,4-26H2,1,3H3/t27-,29+,31-,33+,34-,35+,36-,37?,38+,39+,40+,41+,42-,43+,44+,45+,46-,47-,48+,49?,50+,51-,52+,53-,54?,55+,56-,57-,58+,59+,60-/m1/s1. The number of ketones is 1. The molecule has 15 heterocycles. The van der Waals surface area contributed by atoms with Crippen molar-refractivity contribution in [2.24, 2.45) is 23.7 Å². The van der Waals surface area contributed by atoms with Crippen LogP contribution in [0, 0.1) is 23.7 Å². The van der Waals surface area contributed by atoms with Gasteiger partial charge in [0.15, 0.2) is 17.4 Å². The number of rotatable bonds is 2. The minimum absolute atomic E-state index is 0.0139. The van der Waals surface area contributed by atoms with Crippen molar-refractivity contribution in [1.82, 2.24) is 0 Å². The van der Waals surface area contributed by atoms with Gasteiger partial charge < -0.3 is 81.6 Å². The number of alkyl halides is 1. The number of Topliss-reactive ketones (excluding diaryl/α,β-unsaturated/α-hetero) is 1. The highest BCUT2D eigenvalue weighted by Gasteiger charge is 2.66. The maximum Gasteiger partial charge on any atom is 0.174 e. The number of carbonyl (C=O) groups excluding carboxylic acids is 1. The predicted octanol–water partition coefficient (Wildman–Crippen LogP) is 5.76. The number of fused-ring (bicyclic) bond motifs is 14. The zero-order valence-electron chi connectivity index (χ0n) is 46.0. The molecule has 0 aliphatic carbocycles. The van der Waals surface area contributed by atoms with Crippen LogP contribution in [0.2, 0.25) is 0 Å². The summed E-state index contributed by atoms with van der Waals surface area (Å²) in [6.45, 7) is 13.6. The van der Waals surface area contributed by atoms with E-state index in [9.17, 15) is 20.1 Å². The fourth-order valence-corrected chi connectivity index (χ4v) is 19.3. The summed E-state index contributed by atoms with van der Waals surface area (Å²) in [4.78, 5) is 14.7. The van der Waals surface area contributed by atoms with Gasteiger partial charge in [-0.15, -0.1) is 0 Å². The average Bonchev–Trinajstić information content (AvgIpc) is 4.44. The van der Waals surface area contributed by atoms with E-state index in [1.165, 1.54) is 0 Å². The molecule has 0 radical (unpaired) electrons. The molecule has 0 aromatic carbocycles. The van der Waals surface area contributed by atoms with Crippen LogP contribution in [0.3, 0.4) is 0 Å². The third-order valence-electron chi connectivity index (χ3n) is 22.1. The second kappa shape index (κ2) is 21.0. The van der Waals surface area contributed by atoms with E-state index in [0.717, 1.165) is 49.7 Å². The zero-order chi connectivity index (χ0) is 53.9. The van der Waals surface area contributed by atoms with E-state index in [4.69, 9.17) is 66.3 Å². The van der Waals surface area contributed by atoms with Crippen molar-refractivity contribution in [2.75, 3.05) is 13.2 Å². The molecule has 19 heteroatoms. The predicted molar refractivity (Wildman–Crippen MR) is 286 cm³/mol.